The molecule has 0 saturated heterocycles. The molecule has 0 aliphatic heterocycles. The van der Waals surface area contributed by atoms with E-state index in [-0.39, 0.29) is 5.75 Å². The molecular formula is C12H13F3OSi. The molecule has 0 spiro atoms. The van der Waals surface area contributed by atoms with Crippen LogP contribution < -0.4 is 9.92 Å². The number of rotatable bonds is 4. The lowest BCUT2D eigenvalue weighted by Gasteiger charge is -2.17. The Morgan fingerprint density at radius 1 is 1.18 bits per heavy atom. The summed E-state index contributed by atoms with van der Waals surface area (Å²) in [4.78, 5) is 0. The second-order valence-electron chi connectivity index (χ2n) is 4.09. The maximum atomic E-state index is 12.5. The molecule has 0 fully saturated rings. The van der Waals surface area contributed by atoms with Crippen LogP contribution in [0.3, 0.4) is 0 Å². The van der Waals surface area contributed by atoms with E-state index < -0.39 is 20.2 Å². The molecule has 1 aromatic carbocycles. The smallest absolute Gasteiger partial charge is 0.344 e. The zero-order valence-electron chi connectivity index (χ0n) is 9.64. The minimum Gasteiger partial charge on any atom is -0.428 e. The summed E-state index contributed by atoms with van der Waals surface area (Å²) in [5, 5.41) is 1.07. The van der Waals surface area contributed by atoms with Crippen LogP contribution in [0.1, 0.15) is 0 Å². The van der Waals surface area contributed by atoms with Crippen LogP contribution in [0.15, 0.2) is 48.6 Å². The maximum absolute atomic E-state index is 12.5. The van der Waals surface area contributed by atoms with Crippen LogP contribution in [0.5, 0.6) is 5.75 Å². The summed E-state index contributed by atoms with van der Waals surface area (Å²) in [6.07, 6.45) is -2.46. The van der Waals surface area contributed by atoms with Crippen molar-refractivity contribution in [1.82, 2.24) is 0 Å². The molecule has 17 heavy (non-hydrogen) atoms. The fraction of sp³-hybridized carbons (Fsp3) is 0.167. The molecule has 0 bridgehead atoms. The Balaban J connectivity index is 2.90. The van der Waals surface area contributed by atoms with Gasteiger partial charge in [0, 0.05) is 0 Å². The van der Waals surface area contributed by atoms with Crippen LogP contribution in [0.2, 0.25) is 13.1 Å². The molecule has 0 aromatic heterocycles. The Hall–Kier alpha value is -1.49. The molecule has 0 saturated carbocycles. The van der Waals surface area contributed by atoms with E-state index in [1.54, 1.807) is 12.1 Å². The van der Waals surface area contributed by atoms with E-state index in [2.05, 4.69) is 24.4 Å². The van der Waals surface area contributed by atoms with Gasteiger partial charge in [-0.2, -0.15) is 13.2 Å². The van der Waals surface area contributed by atoms with Gasteiger partial charge in [0.05, 0.1) is 0 Å². The molecule has 1 nitrogen and oxygen atoms in total. The van der Waals surface area contributed by atoms with Crippen molar-refractivity contribution in [2.24, 2.45) is 0 Å². The van der Waals surface area contributed by atoms with E-state index in [1.165, 1.54) is 12.1 Å². The first kappa shape index (κ1) is 13.6. The lowest BCUT2D eigenvalue weighted by molar-refractivity contribution is 0.241. The van der Waals surface area contributed by atoms with Gasteiger partial charge in [-0.25, -0.2) is 0 Å². The molecular weight excluding hydrogens is 245 g/mol. The van der Waals surface area contributed by atoms with Crippen molar-refractivity contribution < 1.29 is 17.9 Å². The quantitative estimate of drug-likeness (QED) is 0.590. The molecule has 0 N–H and O–H groups in total. The second-order valence-corrected chi connectivity index (χ2v) is 8.52. The van der Waals surface area contributed by atoms with Crippen LogP contribution in [-0.2, 0) is 0 Å². The van der Waals surface area contributed by atoms with E-state index in [0.29, 0.717) is 0 Å². The van der Waals surface area contributed by atoms with Crippen molar-refractivity contribution in [3.8, 4) is 5.75 Å². The molecule has 1 rings (SSSR count). The number of hydrogen-bond donors (Lipinski definition) is 0. The summed E-state index contributed by atoms with van der Waals surface area (Å²) in [5.41, 5.74) is 1.91. The lowest BCUT2D eigenvalue weighted by atomic mass is 10.3. The van der Waals surface area contributed by atoms with Crippen molar-refractivity contribution in [3.63, 3.8) is 0 Å². The highest BCUT2D eigenvalue weighted by molar-refractivity contribution is 6.93. The summed E-state index contributed by atoms with van der Waals surface area (Å²) in [6.45, 7) is 7.96. The Morgan fingerprint density at radius 2 is 1.71 bits per heavy atom. The van der Waals surface area contributed by atoms with E-state index in [9.17, 15) is 13.2 Å². The maximum Gasteiger partial charge on any atom is 0.344 e. The highest BCUT2D eigenvalue weighted by Crippen LogP contribution is 2.18. The molecule has 0 atom stereocenters. The van der Waals surface area contributed by atoms with Gasteiger partial charge in [0.2, 0.25) is 0 Å². The fourth-order valence-corrected chi connectivity index (χ4v) is 2.47. The molecule has 92 valence electrons. The summed E-state index contributed by atoms with van der Waals surface area (Å²) in [5.74, 6) is 0.0490. The van der Waals surface area contributed by atoms with E-state index in [4.69, 9.17) is 0 Å². The van der Waals surface area contributed by atoms with Crippen LogP contribution in [0.4, 0.5) is 13.2 Å². The number of benzene rings is 1. The monoisotopic (exact) mass is 258 g/mol. The van der Waals surface area contributed by atoms with Crippen molar-refractivity contribution in [3.05, 3.63) is 48.6 Å². The Kier molecular flexibility index (Phi) is 4.17. The molecule has 5 heteroatoms. The van der Waals surface area contributed by atoms with Crippen molar-refractivity contribution in [2.45, 2.75) is 13.1 Å². The number of hydrogen-bond acceptors (Lipinski definition) is 1. The fourth-order valence-electron chi connectivity index (χ4n) is 1.21. The average molecular weight is 258 g/mol. The Labute approximate surface area is 99.2 Å². The summed E-state index contributed by atoms with van der Waals surface area (Å²) in [6, 6.07) is 4.56. The zero-order chi connectivity index (χ0) is 13.1. The predicted molar refractivity (Wildman–Crippen MR) is 64.7 cm³/mol. The molecule has 1 aromatic rings. The van der Waals surface area contributed by atoms with Gasteiger partial charge in [0.15, 0.2) is 0 Å². The minimum absolute atomic E-state index is 0.0490. The predicted octanol–water partition coefficient (Wildman–Crippen LogP) is 3.74. The first-order valence-corrected chi connectivity index (χ1v) is 8.07. The molecule has 0 aliphatic carbocycles. The summed E-state index contributed by atoms with van der Waals surface area (Å²) in [7, 11) is -1.68. The zero-order valence-corrected chi connectivity index (χ0v) is 10.6. The molecule has 0 aliphatic rings. The third kappa shape index (κ3) is 3.49. The van der Waals surface area contributed by atoms with Crippen LogP contribution in [0.25, 0.3) is 0 Å². The van der Waals surface area contributed by atoms with Gasteiger partial charge in [-0.1, -0.05) is 36.1 Å². The first-order valence-electron chi connectivity index (χ1n) is 4.99. The van der Waals surface area contributed by atoms with Gasteiger partial charge in [0.1, 0.15) is 13.8 Å². The van der Waals surface area contributed by atoms with Crippen LogP contribution in [-0.4, -0.2) is 8.07 Å². The van der Waals surface area contributed by atoms with E-state index in [0.717, 1.165) is 5.19 Å². The standard InChI is InChI=1S/C12H13F3OSi/c1-4-17(2,3)10-7-5-9(6-8-10)16-12(15)11(13)14/h4-8H,1H2,2-3H3. The number of ether oxygens (including phenoxy) is 1. The molecule has 0 amide bonds. The van der Waals surface area contributed by atoms with Gasteiger partial charge in [-0.05, 0) is 12.1 Å². The normalized spacial score (nSPS) is 10.9. The van der Waals surface area contributed by atoms with E-state index in [1.807, 2.05) is 5.70 Å². The van der Waals surface area contributed by atoms with Crippen LogP contribution >= 0.6 is 0 Å². The lowest BCUT2D eigenvalue weighted by Crippen LogP contribution is -2.38. The SMILES string of the molecule is C=C[Si](C)(C)c1ccc(OC(F)=C(F)F)cc1. The molecule has 0 unspecified atom stereocenters. The highest BCUT2D eigenvalue weighted by atomic mass is 28.3. The van der Waals surface area contributed by atoms with Crippen molar-refractivity contribution >= 4 is 13.3 Å². The van der Waals surface area contributed by atoms with Gasteiger partial charge < -0.3 is 4.74 Å². The molecule has 0 radical (unpaired) electrons. The Bertz CT molecular complexity index is 434. The van der Waals surface area contributed by atoms with Gasteiger partial charge in [-0.3, -0.25) is 0 Å². The van der Waals surface area contributed by atoms with Gasteiger partial charge in [-0.15, -0.1) is 6.58 Å². The average Bonchev–Trinajstić information content (AvgIpc) is 2.29. The third-order valence-electron chi connectivity index (χ3n) is 2.46. The Morgan fingerprint density at radius 3 is 2.12 bits per heavy atom. The van der Waals surface area contributed by atoms with Crippen LogP contribution in [0, 0.1) is 0 Å². The molecule has 0 heterocycles. The van der Waals surface area contributed by atoms with Gasteiger partial charge in [0.25, 0.3) is 0 Å². The largest absolute Gasteiger partial charge is 0.428 e. The minimum atomic E-state index is -2.46. The first-order chi connectivity index (χ1) is 7.86. The van der Waals surface area contributed by atoms with Gasteiger partial charge >= 0.3 is 12.1 Å². The summed E-state index contributed by atoms with van der Waals surface area (Å²) < 4.78 is 40.5. The topological polar surface area (TPSA) is 9.23 Å². The second kappa shape index (κ2) is 5.22. The van der Waals surface area contributed by atoms with Crippen molar-refractivity contribution in [2.75, 3.05) is 0 Å². The van der Waals surface area contributed by atoms with Crippen molar-refractivity contribution in [1.29, 1.82) is 0 Å². The number of halogens is 3. The highest BCUT2D eigenvalue weighted by Gasteiger charge is 2.18. The summed E-state index contributed by atoms with van der Waals surface area (Å²) >= 11 is 0. The third-order valence-corrected chi connectivity index (χ3v) is 5.31. The van der Waals surface area contributed by atoms with E-state index >= 15 is 0 Å².